The zero-order valence-corrected chi connectivity index (χ0v) is 10.0. The summed E-state index contributed by atoms with van der Waals surface area (Å²) in [4.78, 5) is 0. The van der Waals surface area contributed by atoms with Crippen LogP contribution in [0.4, 0.5) is 4.39 Å². The van der Waals surface area contributed by atoms with Gasteiger partial charge in [0, 0.05) is 36.3 Å². The summed E-state index contributed by atoms with van der Waals surface area (Å²) < 4.78 is 15.5. The van der Waals surface area contributed by atoms with Gasteiger partial charge in [-0.1, -0.05) is 18.2 Å². The fourth-order valence-corrected chi connectivity index (χ4v) is 1.91. The van der Waals surface area contributed by atoms with E-state index < -0.39 is 0 Å². The van der Waals surface area contributed by atoms with Crippen molar-refractivity contribution < 1.29 is 4.39 Å². The van der Waals surface area contributed by atoms with Crippen LogP contribution in [-0.4, -0.2) is 15.8 Å². The summed E-state index contributed by atoms with van der Waals surface area (Å²) in [5.41, 5.74) is 8.17. The highest BCUT2D eigenvalue weighted by molar-refractivity contribution is 5.66. The first-order chi connectivity index (χ1) is 8.09. The zero-order valence-electron chi connectivity index (χ0n) is 10.0. The molecule has 2 rings (SSSR count). The first kappa shape index (κ1) is 11.8. The molecule has 0 saturated carbocycles. The van der Waals surface area contributed by atoms with Gasteiger partial charge in [-0.15, -0.1) is 0 Å². The molecule has 0 bridgehead atoms. The lowest BCUT2D eigenvalue weighted by molar-refractivity contribution is 0.629. The van der Waals surface area contributed by atoms with Gasteiger partial charge in [0.15, 0.2) is 0 Å². The summed E-state index contributed by atoms with van der Waals surface area (Å²) in [5.74, 6) is -0.230. The second-order valence-electron chi connectivity index (χ2n) is 4.29. The van der Waals surface area contributed by atoms with Gasteiger partial charge in [0.25, 0.3) is 0 Å². The maximum atomic E-state index is 13.7. The number of hydrogen-bond acceptors (Lipinski definition) is 2. The highest BCUT2D eigenvalue weighted by Gasteiger charge is 2.14. The van der Waals surface area contributed by atoms with Crippen molar-refractivity contribution >= 4 is 0 Å². The van der Waals surface area contributed by atoms with Crippen molar-refractivity contribution in [3.63, 3.8) is 0 Å². The smallest absolute Gasteiger partial charge is 0.131 e. The molecule has 4 heteroatoms. The number of aryl methyl sites for hydroxylation is 1. The summed E-state index contributed by atoms with van der Waals surface area (Å²) in [6.45, 7) is 1.93. The van der Waals surface area contributed by atoms with Gasteiger partial charge in [0.05, 0.1) is 6.20 Å². The van der Waals surface area contributed by atoms with E-state index in [0.717, 1.165) is 11.3 Å². The van der Waals surface area contributed by atoms with Crippen molar-refractivity contribution in [2.24, 2.45) is 12.8 Å². The fraction of sp³-hybridized carbons (Fsp3) is 0.308. The molecule has 0 amide bonds. The van der Waals surface area contributed by atoms with Crippen LogP contribution in [0.2, 0.25) is 0 Å². The van der Waals surface area contributed by atoms with E-state index >= 15 is 0 Å². The molecule has 1 atom stereocenters. The van der Waals surface area contributed by atoms with E-state index in [9.17, 15) is 4.39 Å². The Hall–Kier alpha value is -1.68. The quantitative estimate of drug-likeness (QED) is 0.882. The van der Waals surface area contributed by atoms with Crippen molar-refractivity contribution in [1.82, 2.24) is 9.78 Å². The molecule has 0 fully saturated rings. The Labute approximate surface area is 100 Å². The molecule has 2 aromatic rings. The first-order valence-corrected chi connectivity index (χ1v) is 5.61. The number of halogens is 1. The van der Waals surface area contributed by atoms with Crippen LogP contribution in [0.3, 0.4) is 0 Å². The normalized spacial score (nSPS) is 12.7. The van der Waals surface area contributed by atoms with Gasteiger partial charge in [0.1, 0.15) is 5.82 Å². The van der Waals surface area contributed by atoms with Crippen molar-refractivity contribution in [3.05, 3.63) is 42.0 Å². The molecule has 1 heterocycles. The van der Waals surface area contributed by atoms with Crippen LogP contribution in [0.1, 0.15) is 12.6 Å². The molecule has 90 valence electrons. The summed E-state index contributed by atoms with van der Waals surface area (Å²) in [5, 5.41) is 4.18. The second kappa shape index (κ2) is 4.67. The van der Waals surface area contributed by atoms with E-state index in [1.807, 2.05) is 20.0 Å². The standard InChI is InChI=1S/C13H16FN3/c1-9(15)7-13-11(8-16-17(13)2)10-5-3-4-6-12(10)14/h3-6,8-9H,7,15H2,1-2H3. The summed E-state index contributed by atoms with van der Waals surface area (Å²) in [6.07, 6.45) is 2.37. The molecule has 0 aliphatic carbocycles. The zero-order chi connectivity index (χ0) is 12.4. The number of benzene rings is 1. The SMILES string of the molecule is CC(N)Cc1c(-c2ccccc2F)cnn1C. The molecule has 3 nitrogen and oxygen atoms in total. The number of rotatable bonds is 3. The average Bonchev–Trinajstić information content (AvgIpc) is 2.61. The number of nitrogens with two attached hydrogens (primary N) is 1. The van der Waals surface area contributed by atoms with E-state index in [2.05, 4.69) is 5.10 Å². The maximum Gasteiger partial charge on any atom is 0.131 e. The summed E-state index contributed by atoms with van der Waals surface area (Å²) >= 11 is 0. The Balaban J connectivity index is 2.49. The third kappa shape index (κ3) is 2.36. The monoisotopic (exact) mass is 233 g/mol. The van der Waals surface area contributed by atoms with Crippen molar-refractivity contribution in [2.45, 2.75) is 19.4 Å². The van der Waals surface area contributed by atoms with Crippen LogP contribution in [-0.2, 0) is 13.5 Å². The van der Waals surface area contributed by atoms with Crippen molar-refractivity contribution in [1.29, 1.82) is 0 Å². The molecule has 0 radical (unpaired) electrons. The maximum absolute atomic E-state index is 13.7. The molecule has 1 aromatic heterocycles. The Morgan fingerprint density at radius 2 is 2.06 bits per heavy atom. The molecule has 0 saturated heterocycles. The van der Waals surface area contributed by atoms with Gasteiger partial charge in [-0.3, -0.25) is 4.68 Å². The van der Waals surface area contributed by atoms with Gasteiger partial charge in [-0.25, -0.2) is 4.39 Å². The number of nitrogens with zero attached hydrogens (tertiary/aromatic N) is 2. The topological polar surface area (TPSA) is 43.8 Å². The highest BCUT2D eigenvalue weighted by atomic mass is 19.1. The van der Waals surface area contributed by atoms with Gasteiger partial charge in [0.2, 0.25) is 0 Å². The largest absolute Gasteiger partial charge is 0.328 e. The third-order valence-corrected chi connectivity index (χ3v) is 2.74. The molecule has 1 aromatic carbocycles. The minimum absolute atomic E-state index is 0.0240. The van der Waals surface area contributed by atoms with Crippen LogP contribution >= 0.6 is 0 Å². The van der Waals surface area contributed by atoms with Gasteiger partial charge in [-0.05, 0) is 13.0 Å². The van der Waals surface area contributed by atoms with Gasteiger partial charge < -0.3 is 5.73 Å². The predicted molar refractivity (Wildman–Crippen MR) is 66.0 cm³/mol. The van der Waals surface area contributed by atoms with Crippen LogP contribution in [0, 0.1) is 5.82 Å². The van der Waals surface area contributed by atoms with E-state index in [4.69, 9.17) is 5.73 Å². The van der Waals surface area contributed by atoms with Crippen molar-refractivity contribution in [3.8, 4) is 11.1 Å². The third-order valence-electron chi connectivity index (χ3n) is 2.74. The minimum atomic E-state index is -0.230. The lowest BCUT2D eigenvalue weighted by Crippen LogP contribution is -2.20. The second-order valence-corrected chi connectivity index (χ2v) is 4.29. The Morgan fingerprint density at radius 1 is 1.35 bits per heavy atom. The van der Waals surface area contributed by atoms with Crippen LogP contribution in [0.15, 0.2) is 30.5 Å². The Bertz CT molecular complexity index is 517. The van der Waals surface area contributed by atoms with E-state index in [1.54, 1.807) is 23.0 Å². The molecule has 0 aliphatic heterocycles. The van der Waals surface area contributed by atoms with Gasteiger partial charge >= 0.3 is 0 Å². The van der Waals surface area contributed by atoms with Crippen LogP contribution in [0.25, 0.3) is 11.1 Å². The lowest BCUT2D eigenvalue weighted by atomic mass is 10.0. The molecule has 0 aliphatic rings. The minimum Gasteiger partial charge on any atom is -0.328 e. The number of hydrogen-bond donors (Lipinski definition) is 1. The van der Waals surface area contributed by atoms with E-state index in [0.29, 0.717) is 12.0 Å². The average molecular weight is 233 g/mol. The molecular formula is C13H16FN3. The van der Waals surface area contributed by atoms with E-state index in [1.165, 1.54) is 6.07 Å². The predicted octanol–water partition coefficient (Wildman–Crippen LogP) is 2.12. The Morgan fingerprint density at radius 3 is 2.71 bits per heavy atom. The van der Waals surface area contributed by atoms with E-state index in [-0.39, 0.29) is 11.9 Å². The number of aromatic nitrogens is 2. The highest BCUT2D eigenvalue weighted by Crippen LogP contribution is 2.26. The van der Waals surface area contributed by atoms with Crippen molar-refractivity contribution in [2.75, 3.05) is 0 Å². The Kier molecular flexibility index (Phi) is 3.24. The fourth-order valence-electron chi connectivity index (χ4n) is 1.91. The molecular weight excluding hydrogens is 217 g/mol. The van der Waals surface area contributed by atoms with Crippen LogP contribution < -0.4 is 5.73 Å². The van der Waals surface area contributed by atoms with Gasteiger partial charge in [-0.2, -0.15) is 5.10 Å². The summed E-state index contributed by atoms with van der Waals surface area (Å²) in [7, 11) is 1.85. The molecule has 1 unspecified atom stereocenters. The van der Waals surface area contributed by atoms with Crippen LogP contribution in [0.5, 0.6) is 0 Å². The first-order valence-electron chi connectivity index (χ1n) is 5.61. The summed E-state index contributed by atoms with van der Waals surface area (Å²) in [6, 6.07) is 6.74. The molecule has 2 N–H and O–H groups in total. The lowest BCUT2D eigenvalue weighted by Gasteiger charge is -2.09. The molecule has 0 spiro atoms. The molecule has 17 heavy (non-hydrogen) atoms.